The average molecular weight is 235 g/mol. The molecule has 0 spiro atoms. The minimum atomic E-state index is -0.729. The number of halogens is 1. The number of rotatable bonds is 4. The van der Waals surface area contributed by atoms with Gasteiger partial charge in [-0.05, 0) is 6.92 Å². The van der Waals surface area contributed by atoms with Crippen molar-refractivity contribution in [2.75, 3.05) is 12.4 Å². The first kappa shape index (κ1) is 11.7. The Morgan fingerprint density at radius 2 is 2.29 bits per heavy atom. The quantitative estimate of drug-likeness (QED) is 0.598. The number of aliphatic hydroxyl groups excluding tert-OH is 2. The van der Waals surface area contributed by atoms with Crippen molar-refractivity contribution in [1.29, 1.82) is 0 Å². The number of hydrogen-bond donors (Lipinski definition) is 2. The van der Waals surface area contributed by atoms with E-state index < -0.39 is 6.10 Å². The first-order valence-corrected chi connectivity index (χ1v) is 5.40. The Morgan fingerprint density at radius 3 is 2.93 bits per heavy atom. The van der Waals surface area contributed by atoms with Gasteiger partial charge in [0.25, 0.3) is 0 Å². The summed E-state index contributed by atoms with van der Waals surface area (Å²) in [6, 6.07) is 0. The molecule has 1 aromatic heterocycles. The van der Waals surface area contributed by atoms with Crippen LogP contribution in [0.2, 0.25) is 5.15 Å². The maximum Gasteiger partial charge on any atom is 0.136 e. The summed E-state index contributed by atoms with van der Waals surface area (Å²) in [5.74, 6) is 0.394. The van der Waals surface area contributed by atoms with E-state index in [-0.39, 0.29) is 6.61 Å². The SMILES string of the molecule is Cc1c(Cl)ncnc1SCC(O)CO. The molecule has 0 saturated heterocycles. The summed E-state index contributed by atoms with van der Waals surface area (Å²) in [5, 5.41) is 18.9. The van der Waals surface area contributed by atoms with Crippen molar-refractivity contribution in [3.8, 4) is 0 Å². The third-order valence-electron chi connectivity index (χ3n) is 1.60. The summed E-state index contributed by atoms with van der Waals surface area (Å²) in [4.78, 5) is 7.84. The fourth-order valence-electron chi connectivity index (χ4n) is 0.787. The minimum absolute atomic E-state index is 0.245. The molecule has 0 fully saturated rings. The lowest BCUT2D eigenvalue weighted by Gasteiger charge is -2.07. The van der Waals surface area contributed by atoms with Gasteiger partial charge in [0.05, 0.1) is 12.7 Å². The average Bonchev–Trinajstić information content (AvgIpc) is 2.20. The van der Waals surface area contributed by atoms with Gasteiger partial charge in [-0.2, -0.15) is 0 Å². The highest BCUT2D eigenvalue weighted by Crippen LogP contribution is 2.23. The van der Waals surface area contributed by atoms with Crippen LogP contribution in [0.5, 0.6) is 0 Å². The molecule has 0 bridgehead atoms. The van der Waals surface area contributed by atoms with E-state index in [1.54, 1.807) is 0 Å². The molecule has 1 rings (SSSR count). The second kappa shape index (κ2) is 5.50. The summed E-state index contributed by atoms with van der Waals surface area (Å²) >= 11 is 7.14. The molecule has 4 nitrogen and oxygen atoms in total. The third kappa shape index (κ3) is 3.09. The maximum absolute atomic E-state index is 9.13. The zero-order valence-corrected chi connectivity index (χ0v) is 9.22. The van der Waals surface area contributed by atoms with E-state index in [0.717, 1.165) is 10.6 Å². The van der Waals surface area contributed by atoms with Crippen LogP contribution in [0.3, 0.4) is 0 Å². The van der Waals surface area contributed by atoms with Crippen LogP contribution in [0.25, 0.3) is 0 Å². The molecule has 6 heteroatoms. The summed E-state index contributed by atoms with van der Waals surface area (Å²) in [5.41, 5.74) is 0.796. The standard InChI is InChI=1S/C8H11ClN2O2S/c1-5-7(9)10-4-11-8(5)14-3-6(13)2-12/h4,6,12-13H,2-3H2,1H3. The Bertz CT molecular complexity index is 311. The predicted molar refractivity (Wildman–Crippen MR) is 55.6 cm³/mol. The summed E-state index contributed by atoms with van der Waals surface area (Å²) in [6.07, 6.45) is 0.649. The number of thioether (sulfide) groups is 1. The lowest BCUT2D eigenvalue weighted by atomic mass is 10.4. The summed E-state index contributed by atoms with van der Waals surface area (Å²) in [7, 11) is 0. The molecular weight excluding hydrogens is 224 g/mol. The van der Waals surface area contributed by atoms with Gasteiger partial charge in [0, 0.05) is 11.3 Å². The van der Waals surface area contributed by atoms with E-state index in [1.165, 1.54) is 18.1 Å². The molecule has 0 aliphatic heterocycles. The molecule has 1 unspecified atom stereocenters. The number of aromatic nitrogens is 2. The molecule has 0 aromatic carbocycles. The summed E-state index contributed by atoms with van der Waals surface area (Å²) < 4.78 is 0. The van der Waals surface area contributed by atoms with Crippen molar-refractivity contribution in [1.82, 2.24) is 9.97 Å². The fraction of sp³-hybridized carbons (Fsp3) is 0.500. The van der Waals surface area contributed by atoms with Crippen molar-refractivity contribution in [3.05, 3.63) is 17.0 Å². The van der Waals surface area contributed by atoms with Crippen LogP contribution in [0.15, 0.2) is 11.4 Å². The second-order valence-corrected chi connectivity index (χ2v) is 4.11. The highest BCUT2D eigenvalue weighted by Gasteiger charge is 2.08. The van der Waals surface area contributed by atoms with Crippen LogP contribution >= 0.6 is 23.4 Å². The Kier molecular flexibility index (Phi) is 4.60. The van der Waals surface area contributed by atoms with Crippen molar-refractivity contribution in [2.24, 2.45) is 0 Å². The van der Waals surface area contributed by atoms with E-state index >= 15 is 0 Å². The molecule has 1 atom stereocenters. The van der Waals surface area contributed by atoms with Gasteiger partial charge in [0.15, 0.2) is 0 Å². The largest absolute Gasteiger partial charge is 0.394 e. The lowest BCUT2D eigenvalue weighted by Crippen LogP contribution is -2.14. The Hall–Kier alpha value is -0.360. The second-order valence-electron chi connectivity index (χ2n) is 2.74. The molecule has 78 valence electrons. The van der Waals surface area contributed by atoms with Gasteiger partial charge in [0.1, 0.15) is 16.5 Å². The number of aliphatic hydroxyl groups is 2. The van der Waals surface area contributed by atoms with Gasteiger partial charge in [-0.3, -0.25) is 0 Å². The zero-order valence-electron chi connectivity index (χ0n) is 7.64. The monoisotopic (exact) mass is 234 g/mol. The third-order valence-corrected chi connectivity index (χ3v) is 3.22. The summed E-state index contributed by atoms with van der Waals surface area (Å²) in [6.45, 7) is 1.57. The lowest BCUT2D eigenvalue weighted by molar-refractivity contribution is 0.113. The highest BCUT2D eigenvalue weighted by molar-refractivity contribution is 7.99. The van der Waals surface area contributed by atoms with Gasteiger partial charge in [-0.15, -0.1) is 11.8 Å². The van der Waals surface area contributed by atoms with Crippen molar-refractivity contribution >= 4 is 23.4 Å². The molecular formula is C8H11ClN2O2S. The number of hydrogen-bond acceptors (Lipinski definition) is 5. The van der Waals surface area contributed by atoms with Crippen LogP contribution in [0, 0.1) is 6.92 Å². The molecule has 0 amide bonds. The van der Waals surface area contributed by atoms with Crippen LogP contribution in [0.4, 0.5) is 0 Å². The van der Waals surface area contributed by atoms with E-state index in [1.807, 2.05) is 6.92 Å². The van der Waals surface area contributed by atoms with Gasteiger partial charge in [-0.1, -0.05) is 11.6 Å². The Labute approximate surface area is 91.3 Å². The van der Waals surface area contributed by atoms with Gasteiger partial charge >= 0.3 is 0 Å². The molecule has 0 radical (unpaired) electrons. The molecule has 1 aromatic rings. The van der Waals surface area contributed by atoms with Crippen LogP contribution in [0.1, 0.15) is 5.56 Å². The predicted octanol–water partition coefficient (Wildman–Crippen LogP) is 0.884. The molecule has 1 heterocycles. The fourth-order valence-corrected chi connectivity index (χ4v) is 1.87. The van der Waals surface area contributed by atoms with Crippen LogP contribution in [-0.4, -0.2) is 38.6 Å². The first-order chi connectivity index (χ1) is 6.65. The van der Waals surface area contributed by atoms with Crippen molar-refractivity contribution < 1.29 is 10.2 Å². The first-order valence-electron chi connectivity index (χ1n) is 4.04. The van der Waals surface area contributed by atoms with Gasteiger partial charge in [0.2, 0.25) is 0 Å². The zero-order chi connectivity index (χ0) is 10.6. The molecule has 2 N–H and O–H groups in total. The van der Waals surface area contributed by atoms with E-state index in [2.05, 4.69) is 9.97 Å². The Morgan fingerprint density at radius 1 is 1.57 bits per heavy atom. The van der Waals surface area contributed by atoms with E-state index in [0.29, 0.717) is 10.9 Å². The molecule has 14 heavy (non-hydrogen) atoms. The molecule has 0 aliphatic rings. The van der Waals surface area contributed by atoms with Gasteiger partial charge < -0.3 is 10.2 Å². The van der Waals surface area contributed by atoms with Gasteiger partial charge in [-0.25, -0.2) is 9.97 Å². The van der Waals surface area contributed by atoms with Crippen LogP contribution in [-0.2, 0) is 0 Å². The topological polar surface area (TPSA) is 66.2 Å². The molecule has 0 aliphatic carbocycles. The van der Waals surface area contributed by atoms with E-state index in [4.69, 9.17) is 21.8 Å². The minimum Gasteiger partial charge on any atom is -0.394 e. The molecule has 0 saturated carbocycles. The van der Waals surface area contributed by atoms with Crippen LogP contribution < -0.4 is 0 Å². The highest BCUT2D eigenvalue weighted by atomic mass is 35.5. The normalized spacial score (nSPS) is 12.9. The van der Waals surface area contributed by atoms with Crippen molar-refractivity contribution in [3.63, 3.8) is 0 Å². The smallest absolute Gasteiger partial charge is 0.136 e. The number of nitrogens with zero attached hydrogens (tertiary/aromatic N) is 2. The Balaban J connectivity index is 2.63. The van der Waals surface area contributed by atoms with E-state index in [9.17, 15) is 0 Å². The van der Waals surface area contributed by atoms with Crippen molar-refractivity contribution in [2.45, 2.75) is 18.1 Å². The maximum atomic E-state index is 9.13.